The van der Waals surface area contributed by atoms with Crippen molar-refractivity contribution in [1.29, 1.82) is 0 Å². The Morgan fingerprint density at radius 2 is 0.615 bits per heavy atom. The molecule has 0 saturated heterocycles. The van der Waals surface area contributed by atoms with Crippen LogP contribution < -0.4 is 17.1 Å². The van der Waals surface area contributed by atoms with Crippen LogP contribution in [0.3, 0.4) is 0 Å². The van der Waals surface area contributed by atoms with E-state index in [1.165, 1.54) is 0 Å². The maximum Gasteiger partial charge on any atom is 0.336 e. The Labute approximate surface area is 235 Å². The lowest BCUT2D eigenvalue weighted by molar-refractivity contribution is 0.186. The van der Waals surface area contributed by atoms with Crippen molar-refractivity contribution >= 4 is 25.7 Å². The van der Waals surface area contributed by atoms with Crippen molar-refractivity contribution in [3.8, 4) is 0 Å². The zero-order valence-electron chi connectivity index (χ0n) is 25.5. The van der Waals surface area contributed by atoms with Crippen LogP contribution in [0.1, 0.15) is 41.5 Å². The summed E-state index contributed by atoms with van der Waals surface area (Å²) in [6.07, 6.45) is 0. The normalized spacial score (nSPS) is 12.8. The molecule has 0 radical (unpaired) electrons. The molecule has 0 aliphatic carbocycles. The van der Waals surface area contributed by atoms with Crippen molar-refractivity contribution in [2.24, 2.45) is 0 Å². The Balaban J connectivity index is 3.57. The summed E-state index contributed by atoms with van der Waals surface area (Å²) < 4.78 is 38.9. The van der Waals surface area contributed by atoms with E-state index < -0.39 is 42.8 Å². The van der Waals surface area contributed by atoms with Gasteiger partial charge in [-0.25, -0.2) is 28.1 Å². The highest BCUT2D eigenvalue weighted by atomic mass is 28.4. The largest absolute Gasteiger partial charge is 0.395 e. The molecule has 0 atom stereocenters. The van der Waals surface area contributed by atoms with E-state index in [0.29, 0.717) is 57.8 Å². The first-order chi connectivity index (χ1) is 18.4. The molecule has 0 saturated carbocycles. The van der Waals surface area contributed by atoms with Gasteiger partial charge in [0.25, 0.3) is 0 Å². The lowest BCUT2D eigenvalue weighted by Gasteiger charge is -2.28. The second-order valence-electron chi connectivity index (χ2n) is 9.55. The van der Waals surface area contributed by atoms with Crippen LogP contribution in [-0.2, 0) is 46.2 Å². The van der Waals surface area contributed by atoms with Crippen LogP contribution in [0.4, 0.5) is 0 Å². The first kappa shape index (κ1) is 35.8. The van der Waals surface area contributed by atoms with E-state index >= 15 is 0 Å². The molecule has 0 spiro atoms. The van der Waals surface area contributed by atoms with E-state index in [0.717, 1.165) is 13.7 Å². The summed E-state index contributed by atoms with van der Waals surface area (Å²) in [4.78, 5) is 40.7. The Hall–Kier alpha value is -1.18. The number of hydrogen-bond acceptors (Lipinski definition) is 9. The van der Waals surface area contributed by atoms with Crippen LogP contribution in [0.25, 0.3) is 0 Å². The van der Waals surface area contributed by atoms with Crippen LogP contribution in [0.5, 0.6) is 0 Å². The van der Waals surface area contributed by atoms with Gasteiger partial charge in [-0.15, -0.1) is 0 Å². The summed E-state index contributed by atoms with van der Waals surface area (Å²) in [5, 5.41) is 0. The maximum absolute atomic E-state index is 13.6. The van der Waals surface area contributed by atoms with Crippen LogP contribution in [0, 0.1) is 0 Å². The van der Waals surface area contributed by atoms with Crippen LogP contribution in [0.2, 0.25) is 37.8 Å². The lowest BCUT2D eigenvalue weighted by atomic mass is 10.6. The molecule has 15 heteroatoms. The van der Waals surface area contributed by atoms with E-state index in [1.54, 1.807) is 0 Å². The van der Waals surface area contributed by atoms with Gasteiger partial charge in [0, 0.05) is 77.4 Å². The third-order valence-electron chi connectivity index (χ3n) is 6.45. The molecule has 0 unspecified atom stereocenters. The number of aromatic nitrogens is 3. The highest BCUT2D eigenvalue weighted by Gasteiger charge is 2.34. The third kappa shape index (κ3) is 10.6. The van der Waals surface area contributed by atoms with Crippen molar-refractivity contribution in [2.45, 2.75) is 99.0 Å². The van der Waals surface area contributed by atoms with Gasteiger partial charge in [-0.2, -0.15) is 0 Å². The van der Waals surface area contributed by atoms with Gasteiger partial charge < -0.3 is 26.6 Å². The standard InChI is InChI=1S/C24H51N3O9Si3/c1-10-31-37(7,32-11-2)19-16-25-22(28)26(17-20-38(8,33-12-3)34-13-4)24(30)27(23(25)29)18-21-39(9,35-14-5)36-15-6/h10-21H2,1-9H3. The highest BCUT2D eigenvalue weighted by molar-refractivity contribution is 6.66. The minimum atomic E-state index is -2.63. The Morgan fingerprint density at radius 3 is 0.769 bits per heavy atom. The molecule has 0 aromatic carbocycles. The molecule has 0 aliphatic rings. The minimum absolute atomic E-state index is 0.0813. The molecule has 39 heavy (non-hydrogen) atoms. The highest BCUT2D eigenvalue weighted by Crippen LogP contribution is 2.16. The number of hydrogen-bond donors (Lipinski definition) is 0. The van der Waals surface area contributed by atoms with Gasteiger partial charge in [-0.05, 0) is 61.2 Å². The fourth-order valence-corrected chi connectivity index (χ4v) is 11.3. The summed E-state index contributed by atoms with van der Waals surface area (Å²) in [7, 11) is -7.88. The van der Waals surface area contributed by atoms with Crippen molar-refractivity contribution in [3.63, 3.8) is 0 Å². The van der Waals surface area contributed by atoms with E-state index in [9.17, 15) is 14.4 Å². The first-order valence-corrected chi connectivity index (χ1v) is 21.7. The summed E-state index contributed by atoms with van der Waals surface area (Å²) in [5.74, 6) is 0. The molecule has 0 fully saturated rings. The van der Waals surface area contributed by atoms with Gasteiger partial charge in [-0.1, -0.05) is 0 Å². The van der Waals surface area contributed by atoms with Gasteiger partial charge in [0.05, 0.1) is 0 Å². The van der Waals surface area contributed by atoms with Crippen molar-refractivity contribution in [1.82, 2.24) is 13.7 Å². The predicted octanol–water partition coefficient (Wildman–Crippen LogP) is 2.61. The lowest BCUT2D eigenvalue weighted by Crippen LogP contribution is -2.56. The fraction of sp³-hybridized carbons (Fsp3) is 0.875. The molecule has 1 rings (SSSR count). The van der Waals surface area contributed by atoms with Gasteiger partial charge in [0.15, 0.2) is 0 Å². The summed E-state index contributed by atoms with van der Waals surface area (Å²) >= 11 is 0. The van der Waals surface area contributed by atoms with Crippen molar-refractivity contribution < 1.29 is 26.6 Å². The fourth-order valence-electron chi connectivity index (χ4n) is 4.59. The van der Waals surface area contributed by atoms with Crippen LogP contribution in [0.15, 0.2) is 14.4 Å². The molecule has 0 bridgehead atoms. The molecular formula is C24H51N3O9Si3. The Morgan fingerprint density at radius 1 is 0.436 bits per heavy atom. The van der Waals surface area contributed by atoms with Crippen molar-refractivity contribution in [2.75, 3.05) is 39.6 Å². The smallest absolute Gasteiger partial charge is 0.336 e. The molecule has 0 aliphatic heterocycles. The van der Waals surface area contributed by atoms with E-state index in [4.69, 9.17) is 26.6 Å². The van der Waals surface area contributed by atoms with E-state index in [2.05, 4.69) is 0 Å². The third-order valence-corrected chi connectivity index (χ3v) is 15.2. The second kappa shape index (κ2) is 16.9. The van der Waals surface area contributed by atoms with Crippen LogP contribution in [-0.4, -0.2) is 79.0 Å². The minimum Gasteiger partial charge on any atom is -0.395 e. The summed E-state index contributed by atoms with van der Waals surface area (Å²) in [5.41, 5.74) is -1.95. The topological polar surface area (TPSA) is 121 Å². The second-order valence-corrected chi connectivity index (χ2v) is 19.6. The molecule has 12 nitrogen and oxygen atoms in total. The SMILES string of the molecule is CCO[Si](C)(CCn1c(=O)n(CC[Si](C)(OCC)OCC)c(=O)n(CC[Si](C)(OCC)OCC)c1=O)OCC. The van der Waals surface area contributed by atoms with E-state index in [1.807, 2.05) is 61.2 Å². The monoisotopic (exact) mass is 609 g/mol. The average molecular weight is 610 g/mol. The molecule has 1 aromatic rings. The van der Waals surface area contributed by atoms with Crippen molar-refractivity contribution in [3.05, 3.63) is 31.5 Å². The molecule has 0 amide bonds. The molecule has 1 heterocycles. The summed E-state index contributed by atoms with van der Waals surface area (Å²) in [6, 6.07) is 1.16. The molecule has 0 N–H and O–H groups in total. The first-order valence-electron chi connectivity index (χ1n) is 14.2. The summed E-state index contributed by atoms with van der Waals surface area (Å²) in [6.45, 7) is 20.1. The van der Waals surface area contributed by atoms with Crippen LogP contribution >= 0.6 is 0 Å². The average Bonchev–Trinajstić information content (AvgIpc) is 2.84. The Kier molecular flexibility index (Phi) is 15.6. The van der Waals surface area contributed by atoms with Gasteiger partial charge >= 0.3 is 42.8 Å². The molecular weight excluding hydrogens is 559 g/mol. The maximum atomic E-state index is 13.6. The van der Waals surface area contributed by atoms with Gasteiger partial charge in [-0.3, -0.25) is 0 Å². The van der Waals surface area contributed by atoms with E-state index in [-0.39, 0.29) is 19.6 Å². The molecule has 228 valence electrons. The quantitative estimate of drug-likeness (QED) is 0.194. The molecule has 1 aromatic heterocycles. The Bertz CT molecular complexity index is 868. The number of nitrogens with zero attached hydrogens (tertiary/aromatic N) is 3. The predicted molar refractivity (Wildman–Crippen MR) is 158 cm³/mol. The zero-order valence-corrected chi connectivity index (χ0v) is 28.5. The zero-order chi connectivity index (χ0) is 29.7. The number of rotatable bonds is 21. The van der Waals surface area contributed by atoms with Gasteiger partial charge in [0.1, 0.15) is 0 Å². The van der Waals surface area contributed by atoms with Gasteiger partial charge in [0.2, 0.25) is 0 Å².